The second kappa shape index (κ2) is 7.05. The van der Waals surface area contributed by atoms with Crippen molar-refractivity contribution < 1.29 is 18.0 Å². The summed E-state index contributed by atoms with van der Waals surface area (Å²) >= 11 is 0. The summed E-state index contributed by atoms with van der Waals surface area (Å²) in [6, 6.07) is 6.82. The molecule has 0 saturated carbocycles. The predicted molar refractivity (Wildman–Crippen MR) is 102 cm³/mol. The first-order valence-corrected chi connectivity index (χ1v) is 8.74. The number of fused-ring (bicyclic) bond motifs is 1. The molecule has 0 bridgehead atoms. The van der Waals surface area contributed by atoms with E-state index in [9.17, 15) is 18.4 Å². The number of ketones is 1. The molecular formula is C21H15F2N3O3. The van der Waals surface area contributed by atoms with Gasteiger partial charge in [0.2, 0.25) is 0 Å². The summed E-state index contributed by atoms with van der Waals surface area (Å²) in [5, 5.41) is 0. The Balaban J connectivity index is 1.63. The van der Waals surface area contributed by atoms with Crippen LogP contribution in [0, 0.1) is 18.6 Å². The van der Waals surface area contributed by atoms with Gasteiger partial charge in [0.25, 0.3) is 0 Å². The molecule has 0 unspecified atom stereocenters. The highest BCUT2D eigenvalue weighted by Gasteiger charge is 2.18. The minimum atomic E-state index is -0.909. The lowest BCUT2D eigenvalue weighted by Gasteiger charge is -2.07. The van der Waals surface area contributed by atoms with Crippen LogP contribution in [-0.4, -0.2) is 20.3 Å². The molecule has 146 valence electrons. The van der Waals surface area contributed by atoms with E-state index in [2.05, 4.69) is 9.97 Å². The zero-order valence-corrected chi connectivity index (χ0v) is 15.6. The van der Waals surface area contributed by atoms with Crippen molar-refractivity contribution in [2.45, 2.75) is 13.3 Å². The Morgan fingerprint density at radius 1 is 1.10 bits per heavy atom. The quantitative estimate of drug-likeness (QED) is 0.494. The highest BCUT2D eigenvalue weighted by atomic mass is 19.1. The smallest absolute Gasteiger partial charge is 0.407 e. The number of carbonyl (C=O) groups is 1. The third kappa shape index (κ3) is 3.22. The fourth-order valence-electron chi connectivity index (χ4n) is 3.20. The van der Waals surface area contributed by atoms with Crippen LogP contribution in [0.1, 0.15) is 21.6 Å². The largest absolute Gasteiger partial charge is 0.419 e. The number of hydrogen-bond donors (Lipinski definition) is 0. The topological polar surface area (TPSA) is 78.0 Å². The molecule has 0 N–H and O–H groups in total. The molecule has 0 aliphatic carbocycles. The summed E-state index contributed by atoms with van der Waals surface area (Å²) in [7, 11) is 1.62. The average Bonchev–Trinajstić information content (AvgIpc) is 2.98. The summed E-state index contributed by atoms with van der Waals surface area (Å²) in [4.78, 5) is 32.5. The zero-order chi connectivity index (χ0) is 20.7. The normalized spacial score (nSPS) is 11.2. The number of halogens is 2. The van der Waals surface area contributed by atoms with Crippen molar-refractivity contribution in [3.05, 3.63) is 81.7 Å². The number of hydrogen-bond acceptors (Lipinski definition) is 5. The van der Waals surface area contributed by atoms with E-state index in [1.54, 1.807) is 26.1 Å². The van der Waals surface area contributed by atoms with Gasteiger partial charge in [-0.2, -0.15) is 0 Å². The van der Waals surface area contributed by atoms with Crippen molar-refractivity contribution in [1.29, 1.82) is 0 Å². The molecular weight excluding hydrogens is 380 g/mol. The lowest BCUT2D eigenvalue weighted by atomic mass is 10.0. The summed E-state index contributed by atoms with van der Waals surface area (Å²) in [6.07, 6.45) is 2.57. The molecule has 0 spiro atoms. The van der Waals surface area contributed by atoms with Crippen LogP contribution in [0.5, 0.6) is 0 Å². The van der Waals surface area contributed by atoms with Gasteiger partial charge in [-0.05, 0) is 25.1 Å². The number of Topliss-reactive ketones (excluding diaryl/α,β-unsaturated/α-hetero) is 1. The van der Waals surface area contributed by atoms with Gasteiger partial charge in [-0.1, -0.05) is 12.1 Å². The van der Waals surface area contributed by atoms with Crippen molar-refractivity contribution in [3.8, 4) is 11.3 Å². The van der Waals surface area contributed by atoms with Gasteiger partial charge in [-0.25, -0.2) is 13.6 Å². The van der Waals surface area contributed by atoms with E-state index in [4.69, 9.17) is 4.42 Å². The highest BCUT2D eigenvalue weighted by molar-refractivity contribution is 5.97. The third-order valence-corrected chi connectivity index (χ3v) is 4.77. The molecule has 0 fully saturated rings. The van der Waals surface area contributed by atoms with Crippen molar-refractivity contribution in [2.24, 2.45) is 7.05 Å². The standard InChI is InChI=1S/C21H15F2N3O3/c1-11-13(6-7-17-20(11)29-21(28)26(17)2)16-10-24-12(9-25-16)8-18(27)19-14(22)4-3-5-15(19)23/h3-7,9-10H,8H2,1-2H3. The van der Waals surface area contributed by atoms with Gasteiger partial charge in [0, 0.05) is 24.4 Å². The average molecular weight is 395 g/mol. The van der Waals surface area contributed by atoms with Gasteiger partial charge in [0.1, 0.15) is 11.6 Å². The molecule has 0 atom stereocenters. The fourth-order valence-corrected chi connectivity index (χ4v) is 3.20. The molecule has 2 aromatic carbocycles. The molecule has 4 rings (SSSR count). The lowest BCUT2D eigenvalue weighted by Crippen LogP contribution is -2.10. The van der Waals surface area contributed by atoms with Crippen molar-refractivity contribution in [3.63, 3.8) is 0 Å². The number of carbonyl (C=O) groups excluding carboxylic acids is 1. The fraction of sp³-hybridized carbons (Fsp3) is 0.143. The summed E-state index contributed by atoms with van der Waals surface area (Å²) in [6.45, 7) is 1.81. The summed E-state index contributed by atoms with van der Waals surface area (Å²) in [5.74, 6) is -2.99. The van der Waals surface area contributed by atoms with Gasteiger partial charge in [0.05, 0.1) is 35.1 Å². The molecule has 29 heavy (non-hydrogen) atoms. The van der Waals surface area contributed by atoms with Gasteiger partial charge in [-0.3, -0.25) is 19.3 Å². The maximum atomic E-state index is 13.8. The summed E-state index contributed by atoms with van der Waals surface area (Å²) < 4.78 is 34.2. The Labute approximate surface area is 163 Å². The van der Waals surface area contributed by atoms with Crippen molar-refractivity contribution >= 4 is 16.9 Å². The zero-order valence-electron chi connectivity index (χ0n) is 15.6. The Kier molecular flexibility index (Phi) is 4.54. The SMILES string of the molecule is Cc1c(-c2cnc(CC(=O)c3c(F)cccc3F)cn2)ccc2c1oc(=O)n2C. The predicted octanol–water partition coefficient (Wildman–Crippen LogP) is 3.60. The molecule has 0 radical (unpaired) electrons. The van der Waals surface area contributed by atoms with Crippen LogP contribution in [0.4, 0.5) is 8.78 Å². The first-order valence-electron chi connectivity index (χ1n) is 8.74. The van der Waals surface area contributed by atoms with Crippen LogP contribution in [0.3, 0.4) is 0 Å². The van der Waals surface area contributed by atoms with Gasteiger partial charge >= 0.3 is 5.76 Å². The molecule has 0 amide bonds. The number of benzene rings is 2. The lowest BCUT2D eigenvalue weighted by molar-refractivity contribution is 0.0983. The molecule has 0 saturated heterocycles. The highest BCUT2D eigenvalue weighted by Crippen LogP contribution is 2.27. The Bertz CT molecular complexity index is 1290. The van der Waals surface area contributed by atoms with E-state index in [1.165, 1.54) is 23.0 Å². The number of aromatic nitrogens is 3. The van der Waals surface area contributed by atoms with Gasteiger partial charge in [0.15, 0.2) is 11.4 Å². The molecule has 2 aromatic heterocycles. The van der Waals surface area contributed by atoms with E-state index < -0.39 is 28.7 Å². The molecule has 4 aromatic rings. The van der Waals surface area contributed by atoms with E-state index >= 15 is 0 Å². The monoisotopic (exact) mass is 395 g/mol. The first kappa shape index (κ1) is 18.7. The number of nitrogens with zero attached hydrogens (tertiary/aromatic N) is 3. The van der Waals surface area contributed by atoms with Gasteiger partial charge in [-0.15, -0.1) is 0 Å². The van der Waals surface area contributed by atoms with E-state index in [-0.39, 0.29) is 12.1 Å². The minimum Gasteiger partial charge on any atom is -0.407 e. The van der Waals surface area contributed by atoms with Crippen LogP contribution in [-0.2, 0) is 13.5 Å². The van der Waals surface area contributed by atoms with E-state index in [0.29, 0.717) is 16.8 Å². The minimum absolute atomic E-state index is 0.281. The van der Waals surface area contributed by atoms with Crippen LogP contribution in [0.25, 0.3) is 22.4 Å². The second-order valence-corrected chi connectivity index (χ2v) is 6.60. The summed E-state index contributed by atoms with van der Waals surface area (Å²) in [5.41, 5.74) is 2.79. The van der Waals surface area contributed by atoms with Crippen LogP contribution in [0.15, 0.2) is 51.9 Å². The van der Waals surface area contributed by atoms with Gasteiger partial charge < -0.3 is 4.42 Å². The van der Waals surface area contributed by atoms with E-state index in [0.717, 1.165) is 23.3 Å². The number of aryl methyl sites for hydroxylation is 2. The maximum absolute atomic E-state index is 13.8. The molecule has 2 heterocycles. The Hall–Kier alpha value is -3.68. The van der Waals surface area contributed by atoms with Crippen LogP contribution < -0.4 is 5.76 Å². The molecule has 0 aliphatic rings. The van der Waals surface area contributed by atoms with Crippen LogP contribution in [0.2, 0.25) is 0 Å². The van der Waals surface area contributed by atoms with E-state index in [1.807, 2.05) is 0 Å². The third-order valence-electron chi connectivity index (χ3n) is 4.77. The number of oxazole rings is 1. The molecule has 6 nitrogen and oxygen atoms in total. The second-order valence-electron chi connectivity index (χ2n) is 6.60. The van der Waals surface area contributed by atoms with Crippen LogP contribution >= 0.6 is 0 Å². The molecule has 8 heteroatoms. The molecule has 0 aliphatic heterocycles. The van der Waals surface area contributed by atoms with Crippen molar-refractivity contribution in [2.75, 3.05) is 0 Å². The first-order chi connectivity index (χ1) is 13.9. The van der Waals surface area contributed by atoms with Crippen molar-refractivity contribution in [1.82, 2.24) is 14.5 Å². The Morgan fingerprint density at radius 2 is 1.83 bits per heavy atom. The Morgan fingerprint density at radius 3 is 2.48 bits per heavy atom. The maximum Gasteiger partial charge on any atom is 0.419 e. The number of rotatable bonds is 4.